The molecule has 4 aromatic carbocycles. The number of aliphatic hydroxyl groups is 1. The Kier molecular flexibility index (Phi) is 18.4. The van der Waals surface area contributed by atoms with Crippen LogP contribution in [0.4, 0.5) is 4.79 Å². The Morgan fingerprint density at radius 3 is 1.98 bits per heavy atom. The molecule has 6 rings (SSSR count). The molecule has 2 saturated heterocycles. The number of esters is 1. The van der Waals surface area contributed by atoms with E-state index in [9.17, 15) is 29.1 Å². The molecular formula is C51H57NO14. The van der Waals surface area contributed by atoms with Gasteiger partial charge >= 0.3 is 12.1 Å². The number of carbonyl (C=O) groups is 5. The molecule has 0 aromatic heterocycles. The first kappa shape index (κ1) is 49.5. The third-order valence-corrected chi connectivity index (χ3v) is 11.2. The summed E-state index contributed by atoms with van der Waals surface area (Å²) in [7, 11) is 2.61. The second-order valence-corrected chi connectivity index (χ2v) is 16.0. The monoisotopic (exact) mass is 907 g/mol. The number of ketones is 2. The van der Waals surface area contributed by atoms with Crippen LogP contribution in [0.25, 0.3) is 5.57 Å². The second-order valence-electron chi connectivity index (χ2n) is 16.0. The molecule has 2 amide bonds. The fraction of sp³-hybridized carbons (Fsp3) is 0.392. The van der Waals surface area contributed by atoms with Crippen LogP contribution in [0.3, 0.4) is 0 Å². The van der Waals surface area contributed by atoms with E-state index in [1.54, 1.807) is 18.2 Å². The zero-order valence-corrected chi connectivity index (χ0v) is 37.5. The lowest BCUT2D eigenvalue weighted by Gasteiger charge is -2.45. The van der Waals surface area contributed by atoms with Crippen LogP contribution in [0.2, 0.25) is 0 Å². The maximum Gasteiger partial charge on any atom is 0.417 e. The van der Waals surface area contributed by atoms with Crippen molar-refractivity contribution >= 4 is 35.1 Å². The van der Waals surface area contributed by atoms with Crippen LogP contribution in [0.5, 0.6) is 0 Å². The molecule has 0 aliphatic carbocycles. The molecule has 350 valence electrons. The van der Waals surface area contributed by atoms with Crippen LogP contribution < -0.4 is 0 Å². The van der Waals surface area contributed by atoms with Crippen molar-refractivity contribution in [3.05, 3.63) is 149 Å². The standard InChI is InChI=1S/C51H57NO14/c1-33-16-14-23-38(26-33)40(28-42(56)44(65-34(2)54)47(59-3)49(57)52-39(32-64-51(52)58)27-35-17-8-5-9-18-35)41(55)24-15-25-61-48-46(63-31-37-21-12-7-13-22-37)45(43(29-53)66-50(48)60-4)62-30-36-19-10-6-11-20-36/h5-14,16-23,26,28,39,43-48,50,53H,15,24-25,27,29-32H2,1-4H3/t39-,43-,44+,45-,46+,47-,48+,50+/m1/s1. The third kappa shape index (κ3) is 13.1. The highest BCUT2D eigenvalue weighted by atomic mass is 16.7. The zero-order chi connectivity index (χ0) is 47.0. The van der Waals surface area contributed by atoms with Gasteiger partial charge in [0.05, 0.1) is 25.9 Å². The van der Waals surface area contributed by atoms with Crippen LogP contribution in [0, 0.1) is 6.92 Å². The predicted octanol–water partition coefficient (Wildman–Crippen LogP) is 5.75. The minimum absolute atomic E-state index is 0.00862. The van der Waals surface area contributed by atoms with E-state index >= 15 is 0 Å². The molecule has 2 fully saturated rings. The van der Waals surface area contributed by atoms with Gasteiger partial charge in [-0.05, 0) is 48.1 Å². The summed E-state index contributed by atoms with van der Waals surface area (Å²) in [5, 5.41) is 10.4. The Balaban J connectivity index is 1.21. The number of methoxy groups -OCH3 is 2. The molecule has 2 heterocycles. The van der Waals surface area contributed by atoms with E-state index < -0.39 is 78.5 Å². The fourth-order valence-corrected chi connectivity index (χ4v) is 7.97. The summed E-state index contributed by atoms with van der Waals surface area (Å²) >= 11 is 0. The Bertz CT molecular complexity index is 2250. The Labute approximate surface area is 384 Å². The molecule has 4 aromatic rings. The first-order chi connectivity index (χ1) is 32.0. The SMILES string of the molecule is CO[C@H]1O[C@H](CO)[C@@H](OCc2ccccc2)[C@H](OCc2ccccc2)[C@@H]1OCCCC(=O)C(=CC(=O)[C@H](OC(C)=O)[C@@H](OC)C(=O)N1C(=O)OC[C@H]1Cc1ccccc1)c1cccc(C)c1. The van der Waals surface area contributed by atoms with Crippen molar-refractivity contribution < 1.29 is 67.0 Å². The van der Waals surface area contributed by atoms with Crippen molar-refractivity contribution in [2.24, 2.45) is 0 Å². The highest BCUT2D eigenvalue weighted by Gasteiger charge is 2.49. The molecular weight excluding hydrogens is 851 g/mol. The lowest BCUT2D eigenvalue weighted by atomic mass is 9.94. The van der Waals surface area contributed by atoms with Crippen LogP contribution >= 0.6 is 0 Å². The predicted molar refractivity (Wildman–Crippen MR) is 239 cm³/mol. The van der Waals surface area contributed by atoms with Gasteiger partial charge in [0, 0.05) is 39.7 Å². The van der Waals surface area contributed by atoms with Gasteiger partial charge in [-0.15, -0.1) is 0 Å². The number of cyclic esters (lactones) is 1. The normalized spacial score (nSPS) is 21.7. The van der Waals surface area contributed by atoms with Crippen LogP contribution in [-0.2, 0) is 76.7 Å². The Hall–Kier alpha value is -5.91. The van der Waals surface area contributed by atoms with Gasteiger partial charge in [0.25, 0.3) is 5.91 Å². The van der Waals surface area contributed by atoms with Crippen molar-refractivity contribution in [3.63, 3.8) is 0 Å². The van der Waals surface area contributed by atoms with Crippen molar-refractivity contribution in [2.45, 2.75) is 95.3 Å². The molecule has 1 N–H and O–H groups in total. The van der Waals surface area contributed by atoms with Crippen molar-refractivity contribution in [1.29, 1.82) is 0 Å². The number of aryl methyl sites for hydroxylation is 1. The lowest BCUT2D eigenvalue weighted by molar-refractivity contribution is -0.319. The number of imide groups is 1. The van der Waals surface area contributed by atoms with Crippen molar-refractivity contribution in [2.75, 3.05) is 34.0 Å². The molecule has 0 spiro atoms. The van der Waals surface area contributed by atoms with E-state index in [2.05, 4.69) is 0 Å². The van der Waals surface area contributed by atoms with Crippen LogP contribution in [0.1, 0.15) is 47.6 Å². The smallest absolute Gasteiger partial charge is 0.417 e. The molecule has 66 heavy (non-hydrogen) atoms. The molecule has 2 aliphatic heterocycles. The van der Waals surface area contributed by atoms with E-state index in [-0.39, 0.29) is 57.9 Å². The average Bonchev–Trinajstić information content (AvgIpc) is 3.69. The highest BCUT2D eigenvalue weighted by molar-refractivity contribution is 6.25. The van der Waals surface area contributed by atoms with Crippen LogP contribution in [-0.4, -0.2) is 123 Å². The van der Waals surface area contributed by atoms with E-state index in [1.807, 2.05) is 104 Å². The summed E-state index contributed by atoms with van der Waals surface area (Å²) < 4.78 is 47.4. The Morgan fingerprint density at radius 2 is 1.41 bits per heavy atom. The molecule has 2 aliphatic rings. The number of rotatable bonds is 23. The van der Waals surface area contributed by atoms with Crippen molar-refractivity contribution in [3.8, 4) is 0 Å². The molecule has 0 saturated carbocycles. The van der Waals surface area contributed by atoms with Gasteiger partial charge in [0.2, 0.25) is 0 Å². The minimum Gasteiger partial charge on any atom is -0.451 e. The number of aliphatic hydroxyl groups excluding tert-OH is 1. The van der Waals surface area contributed by atoms with E-state index in [0.717, 1.165) is 47.3 Å². The quantitative estimate of drug-likeness (QED) is 0.0539. The fourth-order valence-electron chi connectivity index (χ4n) is 7.97. The number of hydrogen-bond donors (Lipinski definition) is 1. The summed E-state index contributed by atoms with van der Waals surface area (Å²) in [6.07, 6.45) is -7.41. The maximum atomic E-state index is 14.3. The molecule has 0 radical (unpaired) electrons. The molecule has 0 unspecified atom stereocenters. The summed E-state index contributed by atoms with van der Waals surface area (Å²) in [5.41, 5.74) is 3.84. The topological polar surface area (TPSA) is 183 Å². The van der Waals surface area contributed by atoms with Gasteiger partial charge < -0.3 is 43.0 Å². The van der Waals surface area contributed by atoms with E-state index in [1.165, 1.54) is 7.11 Å². The van der Waals surface area contributed by atoms with Gasteiger partial charge in [0.15, 0.2) is 30.1 Å². The number of nitrogens with zero attached hydrogens (tertiary/aromatic N) is 1. The van der Waals surface area contributed by atoms with Gasteiger partial charge in [-0.25, -0.2) is 9.69 Å². The lowest BCUT2D eigenvalue weighted by Crippen LogP contribution is -2.61. The van der Waals surface area contributed by atoms with E-state index in [4.69, 9.17) is 37.9 Å². The van der Waals surface area contributed by atoms with Gasteiger partial charge in [-0.2, -0.15) is 0 Å². The zero-order valence-electron chi connectivity index (χ0n) is 37.5. The van der Waals surface area contributed by atoms with Crippen LogP contribution in [0.15, 0.2) is 121 Å². The maximum absolute atomic E-state index is 14.3. The van der Waals surface area contributed by atoms with E-state index in [0.29, 0.717) is 5.56 Å². The van der Waals surface area contributed by atoms with Crippen molar-refractivity contribution in [1.82, 2.24) is 4.90 Å². The molecule has 8 atom stereocenters. The summed E-state index contributed by atoms with van der Waals surface area (Å²) in [4.78, 5) is 69.0. The highest BCUT2D eigenvalue weighted by Crippen LogP contribution is 2.31. The second kappa shape index (κ2) is 24.6. The summed E-state index contributed by atoms with van der Waals surface area (Å²) in [6, 6.07) is 34.5. The van der Waals surface area contributed by atoms with Gasteiger partial charge in [-0.1, -0.05) is 121 Å². The third-order valence-electron chi connectivity index (χ3n) is 11.2. The Morgan fingerprint density at radius 1 is 0.788 bits per heavy atom. The number of carbonyl (C=O) groups excluding carboxylic acids is 5. The number of allylic oxidation sites excluding steroid dienone is 1. The number of benzene rings is 4. The number of amides is 2. The first-order valence-electron chi connectivity index (χ1n) is 21.8. The molecule has 15 heteroatoms. The largest absolute Gasteiger partial charge is 0.451 e. The summed E-state index contributed by atoms with van der Waals surface area (Å²) in [6.45, 7) is 2.85. The molecule has 15 nitrogen and oxygen atoms in total. The number of hydrogen-bond acceptors (Lipinski definition) is 14. The molecule has 0 bridgehead atoms. The average molecular weight is 908 g/mol. The number of ether oxygens (including phenoxy) is 8. The number of Topliss-reactive ketones (excluding diaryl/α,β-unsaturated/α-hetero) is 1. The van der Waals surface area contributed by atoms with Gasteiger partial charge in [0.1, 0.15) is 31.0 Å². The first-order valence-corrected chi connectivity index (χ1v) is 21.8. The minimum atomic E-state index is -1.87. The summed E-state index contributed by atoms with van der Waals surface area (Å²) in [5.74, 6) is -3.21. The van der Waals surface area contributed by atoms with Gasteiger partial charge in [-0.3, -0.25) is 19.2 Å².